The molecule has 0 atom stereocenters. The number of hydrogen-bond acceptors (Lipinski definition) is 3. The molecule has 0 aliphatic carbocycles. The molecule has 0 fully saturated rings. The van der Waals surface area contributed by atoms with E-state index in [4.69, 9.17) is 9.97 Å². The predicted octanol–water partition coefficient (Wildman–Crippen LogP) is 14.6. The van der Waals surface area contributed by atoms with E-state index in [1.165, 1.54) is 69.2 Å². The third kappa shape index (κ3) is 5.40. The molecule has 9 aromatic carbocycles. The number of nitrogens with zero attached hydrogens (tertiary/aromatic N) is 2. The SMILES string of the molecule is c1ccc(-c2nc(-c3ccc(-c4ccc(-c5c6ccccc6cc6c5ccc5ccccc56)cc4)cc3)cc(-c3cccc4c3sc3ccccc34)n2)cc1. The van der Waals surface area contributed by atoms with Gasteiger partial charge < -0.3 is 0 Å². The van der Waals surface area contributed by atoms with Gasteiger partial charge in [-0.1, -0.05) is 176 Å². The topological polar surface area (TPSA) is 25.8 Å². The highest BCUT2D eigenvalue weighted by atomic mass is 32.1. The van der Waals surface area contributed by atoms with E-state index in [9.17, 15) is 0 Å². The highest BCUT2D eigenvalue weighted by Crippen LogP contribution is 2.42. The first-order valence-corrected chi connectivity index (χ1v) is 19.5. The van der Waals surface area contributed by atoms with Crippen LogP contribution in [0, 0.1) is 0 Å². The highest BCUT2D eigenvalue weighted by Gasteiger charge is 2.16. The first kappa shape index (κ1) is 31.6. The molecule has 2 nitrogen and oxygen atoms in total. The largest absolute Gasteiger partial charge is 0.228 e. The number of rotatable bonds is 5. The number of fused-ring (bicyclic) bond motifs is 7. The fourth-order valence-corrected chi connectivity index (χ4v) is 9.42. The molecule has 2 aromatic heterocycles. The van der Waals surface area contributed by atoms with Crippen LogP contribution >= 0.6 is 11.3 Å². The van der Waals surface area contributed by atoms with E-state index in [1.807, 2.05) is 29.5 Å². The Morgan fingerprint density at radius 3 is 1.75 bits per heavy atom. The maximum Gasteiger partial charge on any atom is 0.160 e. The summed E-state index contributed by atoms with van der Waals surface area (Å²) < 4.78 is 2.53. The predicted molar refractivity (Wildman–Crippen MR) is 235 cm³/mol. The Bertz CT molecular complexity index is 3230. The third-order valence-electron chi connectivity index (χ3n) is 10.9. The minimum absolute atomic E-state index is 0.722. The second kappa shape index (κ2) is 12.9. The Hall–Kier alpha value is -6.94. The van der Waals surface area contributed by atoms with Crippen molar-refractivity contribution in [1.82, 2.24) is 9.97 Å². The smallest absolute Gasteiger partial charge is 0.160 e. The monoisotopic (exact) mass is 716 g/mol. The van der Waals surface area contributed by atoms with E-state index in [2.05, 4.69) is 176 Å². The summed E-state index contributed by atoms with van der Waals surface area (Å²) in [6.45, 7) is 0. The van der Waals surface area contributed by atoms with E-state index >= 15 is 0 Å². The van der Waals surface area contributed by atoms with Gasteiger partial charge in [-0.25, -0.2) is 9.97 Å². The molecule has 3 heteroatoms. The lowest BCUT2D eigenvalue weighted by Gasteiger charge is -2.14. The molecule has 0 unspecified atom stereocenters. The molecule has 11 rings (SSSR count). The molecule has 11 aromatic rings. The van der Waals surface area contributed by atoms with Crippen molar-refractivity contribution < 1.29 is 0 Å². The van der Waals surface area contributed by atoms with Gasteiger partial charge in [-0.05, 0) is 72.8 Å². The lowest BCUT2D eigenvalue weighted by Crippen LogP contribution is -1.96. The average molecular weight is 717 g/mol. The molecular formula is C52H32N2S. The van der Waals surface area contributed by atoms with Crippen LogP contribution < -0.4 is 0 Å². The number of thiophene rings is 1. The lowest BCUT2D eigenvalue weighted by atomic mass is 9.89. The molecule has 0 N–H and O–H groups in total. The van der Waals surface area contributed by atoms with Gasteiger partial charge in [0.25, 0.3) is 0 Å². The van der Waals surface area contributed by atoms with Crippen LogP contribution in [0.1, 0.15) is 0 Å². The standard InChI is InChI=1S/C52H32N2S/c1-2-12-38(13-3-1)52-53-47(32-48(54-52)45-19-10-18-44-42-17-8-9-20-49(42)55-51(44)45)36-25-21-33(22-26-36)34-23-27-37(28-24-34)50-41-16-7-5-14-39(41)31-46-40-15-6-4-11-35(40)29-30-43(46)50/h1-32H. The third-order valence-corrected chi connectivity index (χ3v) is 12.1. The van der Waals surface area contributed by atoms with Gasteiger partial charge in [0.05, 0.1) is 11.4 Å². The first-order valence-electron chi connectivity index (χ1n) is 18.6. The number of hydrogen-bond donors (Lipinski definition) is 0. The Morgan fingerprint density at radius 2 is 0.945 bits per heavy atom. The van der Waals surface area contributed by atoms with Gasteiger partial charge in [-0.2, -0.15) is 0 Å². The number of benzene rings is 9. The van der Waals surface area contributed by atoms with Crippen molar-refractivity contribution in [3.63, 3.8) is 0 Å². The van der Waals surface area contributed by atoms with Gasteiger partial charge in [0, 0.05) is 36.9 Å². The summed E-state index contributed by atoms with van der Waals surface area (Å²) in [6.07, 6.45) is 0. The van der Waals surface area contributed by atoms with Gasteiger partial charge in [0.15, 0.2) is 5.82 Å². The van der Waals surface area contributed by atoms with Crippen LogP contribution in [0.4, 0.5) is 0 Å². The molecule has 0 saturated heterocycles. The quantitative estimate of drug-likeness (QED) is 0.131. The van der Waals surface area contributed by atoms with Crippen molar-refractivity contribution in [2.45, 2.75) is 0 Å². The zero-order valence-corrected chi connectivity index (χ0v) is 30.6. The first-order chi connectivity index (χ1) is 27.2. The van der Waals surface area contributed by atoms with Crippen LogP contribution in [0.3, 0.4) is 0 Å². The van der Waals surface area contributed by atoms with Crippen molar-refractivity contribution in [3.05, 3.63) is 194 Å². The van der Waals surface area contributed by atoms with Crippen LogP contribution in [0.25, 0.3) is 109 Å². The van der Waals surface area contributed by atoms with Gasteiger partial charge in [-0.3, -0.25) is 0 Å². The summed E-state index contributed by atoms with van der Waals surface area (Å²) in [7, 11) is 0. The summed E-state index contributed by atoms with van der Waals surface area (Å²) in [5, 5.41) is 10.2. The van der Waals surface area contributed by atoms with E-state index < -0.39 is 0 Å². The second-order valence-electron chi connectivity index (χ2n) is 14.1. The maximum atomic E-state index is 5.17. The van der Waals surface area contributed by atoms with Gasteiger partial charge >= 0.3 is 0 Å². The number of aromatic nitrogens is 2. The van der Waals surface area contributed by atoms with E-state index in [1.54, 1.807) is 0 Å². The molecule has 256 valence electrons. The van der Waals surface area contributed by atoms with E-state index in [0.29, 0.717) is 0 Å². The fourth-order valence-electron chi connectivity index (χ4n) is 8.19. The Kier molecular flexibility index (Phi) is 7.39. The van der Waals surface area contributed by atoms with Crippen LogP contribution in [0.5, 0.6) is 0 Å². The van der Waals surface area contributed by atoms with Crippen molar-refractivity contribution in [3.8, 4) is 56.2 Å². The Labute approximate surface area is 322 Å². The minimum atomic E-state index is 0.722. The average Bonchev–Trinajstić information content (AvgIpc) is 3.65. The molecule has 0 aliphatic rings. The van der Waals surface area contributed by atoms with E-state index in [0.717, 1.165) is 39.5 Å². The zero-order valence-electron chi connectivity index (χ0n) is 29.8. The maximum absolute atomic E-state index is 5.17. The molecule has 0 saturated carbocycles. The second-order valence-corrected chi connectivity index (χ2v) is 15.2. The normalized spacial score (nSPS) is 11.6. The zero-order chi connectivity index (χ0) is 36.3. The molecular weight excluding hydrogens is 685 g/mol. The van der Waals surface area contributed by atoms with Crippen LogP contribution in [0.2, 0.25) is 0 Å². The van der Waals surface area contributed by atoms with Crippen molar-refractivity contribution >= 4 is 63.8 Å². The summed E-state index contributed by atoms with van der Waals surface area (Å²) in [4.78, 5) is 10.3. The lowest BCUT2D eigenvalue weighted by molar-refractivity contribution is 1.19. The molecule has 0 aliphatic heterocycles. The molecule has 55 heavy (non-hydrogen) atoms. The molecule has 0 amide bonds. The van der Waals surface area contributed by atoms with Crippen molar-refractivity contribution in [1.29, 1.82) is 0 Å². The molecule has 2 heterocycles. The Balaban J connectivity index is 0.984. The minimum Gasteiger partial charge on any atom is -0.228 e. The van der Waals surface area contributed by atoms with Crippen LogP contribution in [0.15, 0.2) is 194 Å². The fraction of sp³-hybridized carbons (Fsp3) is 0. The molecule has 0 spiro atoms. The van der Waals surface area contributed by atoms with Crippen LogP contribution in [-0.2, 0) is 0 Å². The summed E-state index contributed by atoms with van der Waals surface area (Å²) in [5.41, 5.74) is 9.84. The van der Waals surface area contributed by atoms with Crippen LogP contribution in [-0.4, -0.2) is 9.97 Å². The van der Waals surface area contributed by atoms with E-state index in [-0.39, 0.29) is 0 Å². The van der Waals surface area contributed by atoms with Gasteiger partial charge in [0.2, 0.25) is 0 Å². The van der Waals surface area contributed by atoms with Gasteiger partial charge in [0.1, 0.15) is 0 Å². The van der Waals surface area contributed by atoms with Gasteiger partial charge in [-0.15, -0.1) is 11.3 Å². The Morgan fingerprint density at radius 1 is 0.327 bits per heavy atom. The highest BCUT2D eigenvalue weighted by molar-refractivity contribution is 7.26. The summed E-state index contributed by atoms with van der Waals surface area (Å²) in [6, 6.07) is 69.8. The molecule has 0 radical (unpaired) electrons. The summed E-state index contributed by atoms with van der Waals surface area (Å²) in [5.74, 6) is 0.722. The summed E-state index contributed by atoms with van der Waals surface area (Å²) >= 11 is 1.83. The molecule has 0 bridgehead atoms. The van der Waals surface area contributed by atoms with Crippen molar-refractivity contribution in [2.24, 2.45) is 0 Å². The van der Waals surface area contributed by atoms with Crippen molar-refractivity contribution in [2.75, 3.05) is 0 Å².